The van der Waals surface area contributed by atoms with E-state index in [9.17, 15) is 4.79 Å². The van der Waals surface area contributed by atoms with E-state index in [1.807, 2.05) is 17.1 Å². The maximum atomic E-state index is 11.4. The first-order chi connectivity index (χ1) is 10.6. The molecule has 0 aliphatic heterocycles. The van der Waals surface area contributed by atoms with Gasteiger partial charge in [-0.15, -0.1) is 0 Å². The molecule has 0 bridgehead atoms. The largest absolute Gasteiger partial charge is 0.325 e. The number of aryl methyl sites for hydroxylation is 2. The fourth-order valence-electron chi connectivity index (χ4n) is 2.20. The first kappa shape index (κ1) is 16.8. The SMILES string of the molecule is Cc1cnn(CCCCCSc2nc(=O)ccn2C(C)C)c1. The molecular weight excluding hydrogens is 296 g/mol. The quantitative estimate of drug-likeness (QED) is 0.425. The maximum absolute atomic E-state index is 11.4. The van der Waals surface area contributed by atoms with E-state index < -0.39 is 0 Å². The van der Waals surface area contributed by atoms with Gasteiger partial charge in [0.15, 0.2) is 5.16 Å². The topological polar surface area (TPSA) is 52.7 Å². The van der Waals surface area contributed by atoms with Gasteiger partial charge in [-0.1, -0.05) is 18.2 Å². The molecule has 0 aromatic carbocycles. The summed E-state index contributed by atoms with van der Waals surface area (Å²) >= 11 is 1.67. The van der Waals surface area contributed by atoms with Gasteiger partial charge in [-0.2, -0.15) is 10.1 Å². The number of hydrogen-bond acceptors (Lipinski definition) is 4. The molecule has 0 atom stereocenters. The number of rotatable bonds is 8. The average molecular weight is 320 g/mol. The van der Waals surface area contributed by atoms with Crippen molar-refractivity contribution in [1.29, 1.82) is 0 Å². The van der Waals surface area contributed by atoms with Crippen LogP contribution in [0, 0.1) is 6.92 Å². The zero-order valence-electron chi connectivity index (χ0n) is 13.5. The normalized spacial score (nSPS) is 11.3. The zero-order chi connectivity index (χ0) is 15.9. The van der Waals surface area contributed by atoms with E-state index in [0.717, 1.165) is 36.7 Å². The fourth-order valence-corrected chi connectivity index (χ4v) is 3.31. The predicted molar refractivity (Wildman–Crippen MR) is 90.4 cm³/mol. The highest BCUT2D eigenvalue weighted by Crippen LogP contribution is 2.19. The lowest BCUT2D eigenvalue weighted by Crippen LogP contribution is -2.14. The molecule has 0 fully saturated rings. The Morgan fingerprint density at radius 1 is 1.27 bits per heavy atom. The average Bonchev–Trinajstić information content (AvgIpc) is 2.88. The molecule has 0 aliphatic carbocycles. The summed E-state index contributed by atoms with van der Waals surface area (Å²) in [5.41, 5.74) is 1.05. The summed E-state index contributed by atoms with van der Waals surface area (Å²) < 4.78 is 4.05. The second-order valence-corrected chi connectivity index (χ2v) is 6.80. The first-order valence-electron chi connectivity index (χ1n) is 7.77. The van der Waals surface area contributed by atoms with Gasteiger partial charge < -0.3 is 4.57 Å². The summed E-state index contributed by atoms with van der Waals surface area (Å²) in [4.78, 5) is 15.5. The minimum absolute atomic E-state index is 0.159. The van der Waals surface area contributed by atoms with Crippen molar-refractivity contribution in [3.63, 3.8) is 0 Å². The Morgan fingerprint density at radius 3 is 2.77 bits per heavy atom. The summed E-state index contributed by atoms with van der Waals surface area (Å²) in [5.74, 6) is 0.987. The van der Waals surface area contributed by atoms with Crippen LogP contribution in [0.4, 0.5) is 0 Å². The van der Waals surface area contributed by atoms with Crippen LogP contribution in [-0.2, 0) is 6.54 Å². The molecule has 2 heterocycles. The van der Waals surface area contributed by atoms with E-state index in [4.69, 9.17) is 0 Å². The molecule has 0 amide bonds. The molecule has 2 rings (SSSR count). The van der Waals surface area contributed by atoms with Gasteiger partial charge in [0.2, 0.25) is 0 Å². The van der Waals surface area contributed by atoms with E-state index in [-0.39, 0.29) is 5.56 Å². The Labute approximate surface area is 135 Å². The Hall–Kier alpha value is -1.56. The lowest BCUT2D eigenvalue weighted by atomic mass is 10.2. The molecule has 2 aromatic heterocycles. The Kier molecular flexibility index (Phi) is 6.24. The highest BCUT2D eigenvalue weighted by molar-refractivity contribution is 7.99. The van der Waals surface area contributed by atoms with Gasteiger partial charge in [-0.25, -0.2) is 0 Å². The molecule has 22 heavy (non-hydrogen) atoms. The smallest absolute Gasteiger partial charge is 0.273 e. The summed E-state index contributed by atoms with van der Waals surface area (Å²) in [6.45, 7) is 7.23. The third-order valence-electron chi connectivity index (χ3n) is 3.39. The van der Waals surface area contributed by atoms with Crippen LogP contribution in [0.1, 0.15) is 44.7 Å². The Balaban J connectivity index is 1.72. The van der Waals surface area contributed by atoms with E-state index in [1.54, 1.807) is 11.8 Å². The monoisotopic (exact) mass is 320 g/mol. The van der Waals surface area contributed by atoms with Crippen LogP contribution in [0.3, 0.4) is 0 Å². The molecule has 120 valence electrons. The maximum Gasteiger partial charge on any atom is 0.273 e. The Bertz CT molecular complexity index is 648. The van der Waals surface area contributed by atoms with Crippen LogP contribution in [-0.4, -0.2) is 25.1 Å². The molecule has 0 unspecified atom stereocenters. The van der Waals surface area contributed by atoms with Crippen LogP contribution in [0.2, 0.25) is 0 Å². The van der Waals surface area contributed by atoms with Gasteiger partial charge >= 0.3 is 0 Å². The van der Waals surface area contributed by atoms with E-state index >= 15 is 0 Å². The minimum Gasteiger partial charge on any atom is -0.325 e. The lowest BCUT2D eigenvalue weighted by Gasteiger charge is -2.14. The van der Waals surface area contributed by atoms with Gasteiger partial charge in [0.25, 0.3) is 5.56 Å². The number of thioether (sulfide) groups is 1. The van der Waals surface area contributed by atoms with Crippen molar-refractivity contribution < 1.29 is 0 Å². The minimum atomic E-state index is -0.159. The van der Waals surface area contributed by atoms with Gasteiger partial charge in [-0.05, 0) is 39.2 Å². The van der Waals surface area contributed by atoms with E-state index in [2.05, 4.69) is 41.6 Å². The van der Waals surface area contributed by atoms with Gasteiger partial charge in [-0.3, -0.25) is 9.48 Å². The summed E-state index contributed by atoms with van der Waals surface area (Å²) in [5, 5.41) is 5.11. The van der Waals surface area contributed by atoms with Gasteiger partial charge in [0, 0.05) is 36.8 Å². The van der Waals surface area contributed by atoms with E-state index in [0.29, 0.717) is 6.04 Å². The van der Waals surface area contributed by atoms with Crippen molar-refractivity contribution in [3.05, 3.63) is 40.6 Å². The van der Waals surface area contributed by atoms with Crippen LogP contribution in [0.15, 0.2) is 34.6 Å². The van der Waals surface area contributed by atoms with Crippen molar-refractivity contribution in [1.82, 2.24) is 19.3 Å². The second-order valence-electron chi connectivity index (χ2n) is 5.74. The number of aromatic nitrogens is 4. The van der Waals surface area contributed by atoms with Gasteiger partial charge in [0.05, 0.1) is 6.20 Å². The third kappa shape index (κ3) is 5.02. The lowest BCUT2D eigenvalue weighted by molar-refractivity contribution is 0.525. The zero-order valence-corrected chi connectivity index (χ0v) is 14.3. The van der Waals surface area contributed by atoms with Crippen molar-refractivity contribution in [2.75, 3.05) is 5.75 Å². The van der Waals surface area contributed by atoms with Crippen LogP contribution in [0.25, 0.3) is 0 Å². The van der Waals surface area contributed by atoms with E-state index in [1.165, 1.54) is 11.6 Å². The molecular formula is C16H24N4OS. The van der Waals surface area contributed by atoms with Crippen LogP contribution in [0.5, 0.6) is 0 Å². The standard InChI is InChI=1S/C16H24N4OS/c1-13(2)20-9-7-15(21)18-16(20)22-10-6-4-5-8-19-12-14(3)11-17-19/h7,9,11-13H,4-6,8,10H2,1-3H3. The first-order valence-corrected chi connectivity index (χ1v) is 8.76. The summed E-state index contributed by atoms with van der Waals surface area (Å²) in [6.07, 6.45) is 9.20. The molecule has 2 aromatic rings. The molecule has 0 saturated carbocycles. The van der Waals surface area contributed by atoms with Gasteiger partial charge in [0.1, 0.15) is 0 Å². The van der Waals surface area contributed by atoms with Crippen LogP contribution >= 0.6 is 11.8 Å². The van der Waals surface area contributed by atoms with Crippen molar-refractivity contribution in [3.8, 4) is 0 Å². The highest BCUT2D eigenvalue weighted by atomic mass is 32.2. The number of nitrogens with zero attached hydrogens (tertiary/aromatic N) is 4. The predicted octanol–water partition coefficient (Wildman–Crippen LogP) is 3.29. The van der Waals surface area contributed by atoms with Crippen molar-refractivity contribution in [2.24, 2.45) is 0 Å². The second kappa shape index (κ2) is 8.17. The van der Waals surface area contributed by atoms with Crippen LogP contribution < -0.4 is 5.56 Å². The molecule has 0 radical (unpaired) electrons. The van der Waals surface area contributed by atoms with Crippen molar-refractivity contribution >= 4 is 11.8 Å². The molecule has 5 nitrogen and oxygen atoms in total. The number of hydrogen-bond donors (Lipinski definition) is 0. The molecule has 0 N–H and O–H groups in total. The molecule has 0 spiro atoms. The fraction of sp³-hybridized carbons (Fsp3) is 0.562. The van der Waals surface area contributed by atoms with Crippen molar-refractivity contribution in [2.45, 2.75) is 57.8 Å². The summed E-state index contributed by atoms with van der Waals surface area (Å²) in [6, 6.07) is 1.84. The Morgan fingerprint density at radius 2 is 2.09 bits per heavy atom. The highest BCUT2D eigenvalue weighted by Gasteiger charge is 2.06. The molecule has 0 aliphatic rings. The third-order valence-corrected chi connectivity index (χ3v) is 4.44. The number of unbranched alkanes of at least 4 members (excludes halogenated alkanes) is 2. The summed E-state index contributed by atoms with van der Waals surface area (Å²) in [7, 11) is 0. The molecule has 6 heteroatoms. The molecule has 0 saturated heterocycles.